The number of carbonyl (C=O) groups excluding carboxylic acids is 2. The summed E-state index contributed by atoms with van der Waals surface area (Å²) in [6.45, 7) is 2.75. The highest BCUT2D eigenvalue weighted by molar-refractivity contribution is 5.96. The second-order valence-corrected chi connectivity index (χ2v) is 5.49. The van der Waals surface area contributed by atoms with Gasteiger partial charge in [-0.25, -0.2) is 9.97 Å². The fourth-order valence-electron chi connectivity index (χ4n) is 2.83. The molecule has 22 heavy (non-hydrogen) atoms. The van der Waals surface area contributed by atoms with Crippen LogP contribution in [0, 0.1) is 0 Å². The number of carbonyl (C=O) groups is 2. The van der Waals surface area contributed by atoms with E-state index in [1.807, 2.05) is 24.3 Å². The van der Waals surface area contributed by atoms with E-state index in [2.05, 4.69) is 9.97 Å². The van der Waals surface area contributed by atoms with Crippen molar-refractivity contribution in [2.45, 2.75) is 19.3 Å². The van der Waals surface area contributed by atoms with E-state index < -0.39 is 0 Å². The minimum atomic E-state index is -0.120. The molecule has 0 aliphatic carbocycles. The first-order chi connectivity index (χ1) is 10.6. The molecule has 2 heterocycles. The lowest BCUT2D eigenvalue weighted by Crippen LogP contribution is -2.26. The first-order valence-electron chi connectivity index (χ1n) is 7.32. The van der Waals surface area contributed by atoms with Crippen LogP contribution in [0.2, 0.25) is 0 Å². The van der Waals surface area contributed by atoms with Gasteiger partial charge in [-0.2, -0.15) is 0 Å². The molecule has 0 spiro atoms. The minimum absolute atomic E-state index is 0.115. The average Bonchev–Trinajstić information content (AvgIpc) is 3.02. The molecule has 112 valence electrons. The Bertz CT molecular complexity index is 749. The van der Waals surface area contributed by atoms with Crippen LogP contribution in [-0.4, -0.2) is 39.6 Å². The molecule has 1 saturated heterocycles. The third-order valence-electron chi connectivity index (χ3n) is 3.92. The van der Waals surface area contributed by atoms with Crippen LogP contribution in [0.4, 0.5) is 0 Å². The Kier molecular flexibility index (Phi) is 3.96. The second-order valence-electron chi connectivity index (χ2n) is 5.49. The molecule has 0 saturated carbocycles. The van der Waals surface area contributed by atoms with Crippen molar-refractivity contribution >= 4 is 22.6 Å². The molecular weight excluding hydrogens is 278 g/mol. The predicted molar refractivity (Wildman–Crippen MR) is 83.3 cm³/mol. The number of hydrogen-bond acceptors (Lipinski definition) is 4. The van der Waals surface area contributed by atoms with Gasteiger partial charge in [0.2, 0.25) is 5.91 Å². The standard InChI is InChI=1S/C17H17N3O2/c1-12(21)6-7-16(22)20-9-8-13(10-20)17-14-4-2-3-5-15(14)18-11-19-17/h2-7,11,13H,8-10H2,1H3. The second kappa shape index (κ2) is 6.05. The van der Waals surface area contributed by atoms with E-state index in [0.717, 1.165) is 23.0 Å². The number of ketones is 1. The van der Waals surface area contributed by atoms with Crippen molar-refractivity contribution in [1.29, 1.82) is 0 Å². The highest BCUT2D eigenvalue weighted by Gasteiger charge is 2.28. The Morgan fingerprint density at radius 3 is 2.86 bits per heavy atom. The van der Waals surface area contributed by atoms with Gasteiger partial charge < -0.3 is 4.90 Å². The van der Waals surface area contributed by atoms with E-state index in [1.165, 1.54) is 19.1 Å². The number of benzene rings is 1. The van der Waals surface area contributed by atoms with Crippen LogP contribution in [0.3, 0.4) is 0 Å². The molecule has 1 unspecified atom stereocenters. The number of likely N-dealkylation sites (tertiary alicyclic amines) is 1. The normalized spacial score (nSPS) is 18.2. The fraction of sp³-hybridized carbons (Fsp3) is 0.294. The maximum Gasteiger partial charge on any atom is 0.246 e. The van der Waals surface area contributed by atoms with Gasteiger partial charge in [0.25, 0.3) is 0 Å². The minimum Gasteiger partial charge on any atom is -0.338 e. The molecule has 1 fully saturated rings. The summed E-state index contributed by atoms with van der Waals surface area (Å²) in [4.78, 5) is 33.4. The summed E-state index contributed by atoms with van der Waals surface area (Å²) in [5.74, 6) is -0.0236. The van der Waals surface area contributed by atoms with Gasteiger partial charge in [-0.1, -0.05) is 18.2 Å². The lowest BCUT2D eigenvalue weighted by Gasteiger charge is -2.15. The Labute approximate surface area is 128 Å². The third-order valence-corrected chi connectivity index (χ3v) is 3.92. The zero-order valence-electron chi connectivity index (χ0n) is 12.4. The summed E-state index contributed by atoms with van der Waals surface area (Å²) in [6.07, 6.45) is 5.12. The first-order valence-corrected chi connectivity index (χ1v) is 7.32. The number of allylic oxidation sites excluding steroid dienone is 1. The van der Waals surface area contributed by atoms with Gasteiger partial charge in [-0.15, -0.1) is 0 Å². The van der Waals surface area contributed by atoms with Crippen LogP contribution >= 0.6 is 0 Å². The van der Waals surface area contributed by atoms with Gasteiger partial charge in [0, 0.05) is 30.5 Å². The molecule has 5 nitrogen and oxygen atoms in total. The summed E-state index contributed by atoms with van der Waals surface area (Å²) >= 11 is 0. The van der Waals surface area contributed by atoms with Crippen LogP contribution in [0.5, 0.6) is 0 Å². The average molecular weight is 295 g/mol. The summed E-state index contributed by atoms with van der Waals surface area (Å²) in [6, 6.07) is 7.91. The highest BCUT2D eigenvalue weighted by Crippen LogP contribution is 2.30. The molecule has 0 N–H and O–H groups in total. The molecule has 0 bridgehead atoms. The number of rotatable bonds is 3. The zero-order valence-corrected chi connectivity index (χ0v) is 12.4. The first kappa shape index (κ1) is 14.4. The molecule has 1 atom stereocenters. The van der Waals surface area contributed by atoms with Crippen molar-refractivity contribution < 1.29 is 9.59 Å². The van der Waals surface area contributed by atoms with E-state index in [9.17, 15) is 9.59 Å². The Hall–Kier alpha value is -2.56. The van der Waals surface area contributed by atoms with Crippen molar-refractivity contribution in [2.24, 2.45) is 0 Å². The maximum atomic E-state index is 12.0. The largest absolute Gasteiger partial charge is 0.338 e. The van der Waals surface area contributed by atoms with Crippen molar-refractivity contribution in [3.63, 3.8) is 0 Å². The van der Waals surface area contributed by atoms with Gasteiger partial charge in [-0.05, 0) is 25.5 Å². The SMILES string of the molecule is CC(=O)C=CC(=O)N1CCC(c2ncnc3ccccc23)C1. The van der Waals surface area contributed by atoms with Gasteiger partial charge >= 0.3 is 0 Å². The molecule has 1 aliphatic heterocycles. The summed E-state index contributed by atoms with van der Waals surface area (Å²) < 4.78 is 0. The van der Waals surface area contributed by atoms with E-state index in [-0.39, 0.29) is 17.6 Å². The number of amides is 1. The predicted octanol–water partition coefficient (Wildman–Crippen LogP) is 2.09. The van der Waals surface area contributed by atoms with Crippen LogP contribution < -0.4 is 0 Å². The summed E-state index contributed by atoms with van der Waals surface area (Å²) in [7, 11) is 0. The molecule has 1 aromatic heterocycles. The smallest absolute Gasteiger partial charge is 0.246 e. The molecule has 5 heteroatoms. The molecule has 3 rings (SSSR count). The molecule has 0 radical (unpaired) electrons. The number of fused-ring (bicyclic) bond motifs is 1. The molecule has 1 aromatic carbocycles. The monoisotopic (exact) mass is 295 g/mol. The van der Waals surface area contributed by atoms with Crippen LogP contribution in [0.15, 0.2) is 42.7 Å². The van der Waals surface area contributed by atoms with Gasteiger partial charge in [0.15, 0.2) is 5.78 Å². The van der Waals surface area contributed by atoms with E-state index in [1.54, 1.807) is 11.2 Å². The quantitative estimate of drug-likeness (QED) is 0.813. The third kappa shape index (κ3) is 2.88. The van der Waals surface area contributed by atoms with Gasteiger partial charge in [0.1, 0.15) is 6.33 Å². The lowest BCUT2D eigenvalue weighted by molar-refractivity contribution is -0.125. The van der Waals surface area contributed by atoms with E-state index in [0.29, 0.717) is 13.1 Å². The Balaban J connectivity index is 1.80. The van der Waals surface area contributed by atoms with E-state index in [4.69, 9.17) is 0 Å². The topological polar surface area (TPSA) is 63.2 Å². The molecule has 2 aromatic rings. The Morgan fingerprint density at radius 1 is 1.23 bits per heavy atom. The van der Waals surface area contributed by atoms with Crippen molar-refractivity contribution in [1.82, 2.24) is 14.9 Å². The zero-order chi connectivity index (χ0) is 15.5. The summed E-state index contributed by atoms with van der Waals surface area (Å²) in [5, 5.41) is 1.04. The maximum absolute atomic E-state index is 12.0. The molecule has 1 amide bonds. The highest BCUT2D eigenvalue weighted by atomic mass is 16.2. The van der Waals surface area contributed by atoms with Crippen molar-refractivity contribution in [2.75, 3.05) is 13.1 Å². The van der Waals surface area contributed by atoms with Crippen LogP contribution in [0.1, 0.15) is 25.0 Å². The lowest BCUT2D eigenvalue weighted by atomic mass is 10.0. The number of para-hydroxylation sites is 1. The summed E-state index contributed by atoms with van der Waals surface area (Å²) in [5.41, 5.74) is 1.92. The molecular formula is C17H17N3O2. The number of aromatic nitrogens is 2. The van der Waals surface area contributed by atoms with Gasteiger partial charge in [0.05, 0.1) is 11.2 Å². The van der Waals surface area contributed by atoms with Crippen molar-refractivity contribution in [3.05, 3.63) is 48.4 Å². The van der Waals surface area contributed by atoms with Crippen molar-refractivity contribution in [3.8, 4) is 0 Å². The van der Waals surface area contributed by atoms with E-state index >= 15 is 0 Å². The number of hydrogen-bond donors (Lipinski definition) is 0. The fourth-order valence-corrected chi connectivity index (χ4v) is 2.83. The van der Waals surface area contributed by atoms with Crippen LogP contribution in [0.25, 0.3) is 10.9 Å². The Morgan fingerprint density at radius 2 is 2.05 bits per heavy atom. The number of nitrogens with zero attached hydrogens (tertiary/aromatic N) is 3. The van der Waals surface area contributed by atoms with Crippen LogP contribution in [-0.2, 0) is 9.59 Å². The van der Waals surface area contributed by atoms with Gasteiger partial charge in [-0.3, -0.25) is 9.59 Å². The molecule has 1 aliphatic rings.